The Balaban J connectivity index is 1.28. The molecule has 1 fully saturated rings. The average molecular weight is 371 g/mol. The molecule has 0 radical (unpaired) electrons. The minimum atomic E-state index is 0.662. The van der Waals surface area contributed by atoms with E-state index in [1.807, 2.05) is 6.20 Å². The predicted molar refractivity (Wildman–Crippen MR) is 113 cm³/mol. The van der Waals surface area contributed by atoms with Gasteiger partial charge in [0.15, 0.2) is 0 Å². The molecule has 5 nitrogen and oxygen atoms in total. The SMILES string of the molecule is C1=C(C2CCNCC2)c2cc(Nc3ccc4c5c([nH]c4n3)CCC5)cnc2C1. The molecule has 3 aromatic heterocycles. The minimum Gasteiger partial charge on any atom is -0.343 e. The molecule has 0 bridgehead atoms. The van der Waals surface area contributed by atoms with Gasteiger partial charge in [0.2, 0.25) is 0 Å². The number of anilines is 2. The molecule has 5 heteroatoms. The standard InChI is InChI=1S/C23H25N5/c1-2-17-18-5-7-22(28-23(18)27-21(17)3-1)26-15-12-19-16(4-6-20(19)25-13-15)14-8-10-24-11-9-14/h4-5,7,12-14,24H,1-3,6,8-11H2,(H2,26,27,28). The highest BCUT2D eigenvalue weighted by molar-refractivity contribution is 5.84. The average Bonchev–Trinajstić information content (AvgIpc) is 3.42. The number of rotatable bonds is 3. The fraction of sp³-hybridized carbons (Fsp3) is 0.391. The van der Waals surface area contributed by atoms with Crippen LogP contribution in [0, 0.1) is 5.92 Å². The van der Waals surface area contributed by atoms with Crippen LogP contribution in [0.5, 0.6) is 0 Å². The van der Waals surface area contributed by atoms with Crippen molar-refractivity contribution in [3.8, 4) is 0 Å². The van der Waals surface area contributed by atoms with Crippen molar-refractivity contribution in [1.29, 1.82) is 0 Å². The van der Waals surface area contributed by atoms with Gasteiger partial charge >= 0.3 is 0 Å². The molecule has 0 saturated carbocycles. The van der Waals surface area contributed by atoms with Crippen LogP contribution in [0.25, 0.3) is 16.6 Å². The molecule has 2 aliphatic carbocycles. The number of pyridine rings is 2. The van der Waals surface area contributed by atoms with Crippen molar-refractivity contribution < 1.29 is 0 Å². The summed E-state index contributed by atoms with van der Waals surface area (Å²) in [7, 11) is 0. The number of allylic oxidation sites excluding steroid dienone is 2. The van der Waals surface area contributed by atoms with Crippen LogP contribution in [0.4, 0.5) is 11.5 Å². The first-order valence-corrected chi connectivity index (χ1v) is 10.5. The van der Waals surface area contributed by atoms with Gasteiger partial charge in [0.1, 0.15) is 11.5 Å². The van der Waals surface area contributed by atoms with Crippen LogP contribution in [-0.2, 0) is 19.3 Å². The first-order chi connectivity index (χ1) is 13.8. The second-order valence-electron chi connectivity index (χ2n) is 8.26. The lowest BCUT2D eigenvalue weighted by Crippen LogP contribution is -2.28. The quantitative estimate of drug-likeness (QED) is 0.648. The highest BCUT2D eigenvalue weighted by Gasteiger charge is 2.25. The van der Waals surface area contributed by atoms with E-state index >= 15 is 0 Å². The highest BCUT2D eigenvalue weighted by Crippen LogP contribution is 2.37. The Hall–Kier alpha value is -2.66. The Bertz CT molecular complexity index is 1090. The number of aryl methyl sites for hydroxylation is 2. The third-order valence-electron chi connectivity index (χ3n) is 6.56. The lowest BCUT2D eigenvalue weighted by molar-refractivity contribution is 0.447. The molecule has 0 atom stereocenters. The molecule has 3 aliphatic rings. The van der Waals surface area contributed by atoms with Crippen LogP contribution < -0.4 is 10.6 Å². The lowest BCUT2D eigenvalue weighted by atomic mass is 9.87. The first kappa shape index (κ1) is 16.3. The number of aromatic nitrogens is 3. The monoisotopic (exact) mass is 371 g/mol. The van der Waals surface area contributed by atoms with E-state index in [9.17, 15) is 0 Å². The summed E-state index contributed by atoms with van der Waals surface area (Å²) in [5.74, 6) is 1.54. The van der Waals surface area contributed by atoms with Gasteiger partial charge in [-0.15, -0.1) is 0 Å². The van der Waals surface area contributed by atoms with Crippen molar-refractivity contribution in [2.45, 2.75) is 38.5 Å². The molecule has 6 rings (SSSR count). The second kappa shape index (κ2) is 6.45. The summed E-state index contributed by atoms with van der Waals surface area (Å²) < 4.78 is 0. The molecule has 28 heavy (non-hydrogen) atoms. The Labute approximate surface area is 164 Å². The number of H-pyrrole nitrogens is 1. The Morgan fingerprint density at radius 2 is 2.04 bits per heavy atom. The molecule has 0 aromatic carbocycles. The van der Waals surface area contributed by atoms with E-state index in [0.717, 1.165) is 43.1 Å². The van der Waals surface area contributed by atoms with Crippen molar-refractivity contribution in [3.05, 3.63) is 53.0 Å². The fourth-order valence-corrected chi connectivity index (χ4v) is 5.15. The van der Waals surface area contributed by atoms with Crippen LogP contribution in [0.1, 0.15) is 41.8 Å². The summed E-state index contributed by atoms with van der Waals surface area (Å²) in [6.07, 6.45) is 11.3. The summed E-state index contributed by atoms with van der Waals surface area (Å²) >= 11 is 0. The molecule has 0 spiro atoms. The van der Waals surface area contributed by atoms with E-state index in [4.69, 9.17) is 9.97 Å². The van der Waals surface area contributed by atoms with E-state index in [0.29, 0.717) is 5.92 Å². The van der Waals surface area contributed by atoms with Crippen molar-refractivity contribution in [3.63, 3.8) is 0 Å². The molecular formula is C23H25N5. The summed E-state index contributed by atoms with van der Waals surface area (Å²) in [6.45, 7) is 2.24. The van der Waals surface area contributed by atoms with Crippen molar-refractivity contribution in [1.82, 2.24) is 20.3 Å². The van der Waals surface area contributed by atoms with E-state index in [2.05, 4.69) is 39.9 Å². The van der Waals surface area contributed by atoms with Gasteiger partial charge < -0.3 is 15.6 Å². The zero-order valence-electron chi connectivity index (χ0n) is 16.0. The molecule has 1 aliphatic heterocycles. The number of aromatic amines is 1. The van der Waals surface area contributed by atoms with E-state index in [1.165, 1.54) is 59.2 Å². The number of nitrogens with zero attached hydrogens (tertiary/aromatic N) is 2. The fourth-order valence-electron chi connectivity index (χ4n) is 5.15. The second-order valence-corrected chi connectivity index (χ2v) is 8.26. The number of nitrogens with one attached hydrogen (secondary N) is 3. The van der Waals surface area contributed by atoms with E-state index < -0.39 is 0 Å². The van der Waals surface area contributed by atoms with Gasteiger partial charge in [-0.3, -0.25) is 4.98 Å². The lowest BCUT2D eigenvalue weighted by Gasteiger charge is -2.24. The first-order valence-electron chi connectivity index (χ1n) is 10.5. The Kier molecular flexibility index (Phi) is 3.76. The van der Waals surface area contributed by atoms with Gasteiger partial charge in [-0.2, -0.15) is 0 Å². The summed E-state index contributed by atoms with van der Waals surface area (Å²) in [4.78, 5) is 13.1. The third-order valence-corrected chi connectivity index (χ3v) is 6.56. The largest absolute Gasteiger partial charge is 0.343 e. The number of hydrogen-bond donors (Lipinski definition) is 3. The predicted octanol–water partition coefficient (Wildman–Crippen LogP) is 4.13. The molecule has 3 aromatic rings. The van der Waals surface area contributed by atoms with Gasteiger partial charge in [-0.05, 0) is 80.4 Å². The Morgan fingerprint density at radius 1 is 1.11 bits per heavy atom. The van der Waals surface area contributed by atoms with Gasteiger partial charge in [0.25, 0.3) is 0 Å². The van der Waals surface area contributed by atoms with E-state index in [1.54, 1.807) is 0 Å². The maximum Gasteiger partial charge on any atom is 0.140 e. The van der Waals surface area contributed by atoms with Crippen molar-refractivity contribution in [2.75, 3.05) is 18.4 Å². The van der Waals surface area contributed by atoms with Crippen LogP contribution in [-0.4, -0.2) is 28.0 Å². The van der Waals surface area contributed by atoms with Crippen molar-refractivity contribution in [2.24, 2.45) is 5.92 Å². The summed E-state index contributed by atoms with van der Waals surface area (Å²) in [5.41, 5.74) is 8.89. The normalized spacial score (nSPS) is 18.9. The van der Waals surface area contributed by atoms with Crippen LogP contribution in [0.15, 0.2) is 30.5 Å². The van der Waals surface area contributed by atoms with Gasteiger partial charge in [-0.1, -0.05) is 6.08 Å². The molecule has 0 unspecified atom stereocenters. The summed E-state index contributed by atoms with van der Waals surface area (Å²) in [6, 6.07) is 6.56. The zero-order chi connectivity index (χ0) is 18.5. The van der Waals surface area contributed by atoms with Crippen LogP contribution in [0.3, 0.4) is 0 Å². The Morgan fingerprint density at radius 3 is 2.96 bits per heavy atom. The molecule has 142 valence electrons. The number of hydrogen-bond acceptors (Lipinski definition) is 4. The summed E-state index contributed by atoms with van der Waals surface area (Å²) in [5, 5.41) is 8.23. The zero-order valence-corrected chi connectivity index (χ0v) is 16.0. The molecule has 4 heterocycles. The molecular weight excluding hydrogens is 346 g/mol. The maximum absolute atomic E-state index is 4.82. The minimum absolute atomic E-state index is 0.662. The third kappa shape index (κ3) is 2.65. The van der Waals surface area contributed by atoms with E-state index in [-0.39, 0.29) is 0 Å². The highest BCUT2D eigenvalue weighted by atomic mass is 15.0. The maximum atomic E-state index is 4.82. The van der Waals surface area contributed by atoms with Gasteiger partial charge in [0, 0.05) is 23.1 Å². The van der Waals surface area contributed by atoms with Gasteiger partial charge in [0.05, 0.1) is 17.6 Å². The van der Waals surface area contributed by atoms with Crippen LogP contribution in [0.2, 0.25) is 0 Å². The number of piperidine rings is 1. The topological polar surface area (TPSA) is 65.6 Å². The van der Waals surface area contributed by atoms with Crippen molar-refractivity contribution >= 4 is 28.1 Å². The number of fused-ring (bicyclic) bond motifs is 4. The van der Waals surface area contributed by atoms with Gasteiger partial charge in [-0.25, -0.2) is 4.98 Å². The smallest absolute Gasteiger partial charge is 0.140 e. The van der Waals surface area contributed by atoms with Crippen LogP contribution >= 0.6 is 0 Å². The molecule has 3 N–H and O–H groups in total. The molecule has 1 saturated heterocycles. The molecule has 0 amide bonds.